The third kappa shape index (κ3) is 5.63. The smallest absolute Gasteiger partial charge is 0.229 e. The Labute approximate surface area is 231 Å². The van der Waals surface area contributed by atoms with Gasteiger partial charge in [-0.1, -0.05) is 6.07 Å². The van der Waals surface area contributed by atoms with E-state index < -0.39 is 91.9 Å². The maximum atomic E-state index is 12.8. The lowest BCUT2D eigenvalue weighted by Crippen LogP contribution is -2.60. The molecule has 10 atom stereocenters. The minimum atomic E-state index is -1.77. The van der Waals surface area contributed by atoms with Gasteiger partial charge in [0, 0.05) is 12.1 Å². The third-order valence-corrected chi connectivity index (χ3v) is 7.19. The van der Waals surface area contributed by atoms with Crippen molar-refractivity contribution in [1.82, 2.24) is 0 Å². The van der Waals surface area contributed by atoms with Gasteiger partial charge in [-0.25, -0.2) is 0 Å². The second-order valence-electron chi connectivity index (χ2n) is 9.97. The Morgan fingerprint density at radius 1 is 0.780 bits per heavy atom. The van der Waals surface area contributed by atoms with Crippen molar-refractivity contribution in [3.05, 3.63) is 41.5 Å². The zero-order valence-electron chi connectivity index (χ0n) is 21.3. The van der Waals surface area contributed by atoms with Crippen molar-refractivity contribution >= 4 is 5.78 Å². The van der Waals surface area contributed by atoms with Gasteiger partial charge in [-0.3, -0.25) is 4.79 Å². The summed E-state index contributed by atoms with van der Waals surface area (Å²) in [5.41, 5.74) is 0.257. The fourth-order valence-corrected chi connectivity index (χ4v) is 4.89. The van der Waals surface area contributed by atoms with E-state index in [1.165, 1.54) is 24.3 Å². The summed E-state index contributed by atoms with van der Waals surface area (Å²) in [7, 11) is 0. The molecule has 15 heteroatoms. The van der Waals surface area contributed by atoms with Crippen LogP contribution in [0.1, 0.15) is 28.4 Å². The number of hydrogen-bond acceptors (Lipinski definition) is 15. The Morgan fingerprint density at radius 2 is 1.46 bits per heavy atom. The van der Waals surface area contributed by atoms with Crippen LogP contribution in [0.2, 0.25) is 0 Å². The number of aromatic hydroxyl groups is 3. The molecule has 5 rings (SSSR count). The van der Waals surface area contributed by atoms with E-state index in [0.29, 0.717) is 5.56 Å². The van der Waals surface area contributed by atoms with Crippen LogP contribution in [-0.4, -0.2) is 120 Å². The number of Topliss-reactive ketones (excluding diaryl/α,β-unsaturated/α-hetero) is 1. The highest BCUT2D eigenvalue weighted by Gasteiger charge is 2.48. The van der Waals surface area contributed by atoms with E-state index in [-0.39, 0.29) is 29.2 Å². The third-order valence-electron chi connectivity index (χ3n) is 7.19. The molecule has 2 fully saturated rings. The molecule has 41 heavy (non-hydrogen) atoms. The molecule has 0 spiro atoms. The second kappa shape index (κ2) is 11.6. The Kier molecular flexibility index (Phi) is 8.24. The average molecular weight is 583 g/mol. The lowest BCUT2D eigenvalue weighted by atomic mass is 9.95. The van der Waals surface area contributed by atoms with Crippen LogP contribution in [0.25, 0.3) is 0 Å². The number of aliphatic hydroxyl groups excluding tert-OH is 6. The van der Waals surface area contributed by atoms with Crippen LogP contribution in [0.4, 0.5) is 0 Å². The van der Waals surface area contributed by atoms with Crippen LogP contribution < -0.4 is 9.47 Å². The predicted molar refractivity (Wildman–Crippen MR) is 131 cm³/mol. The highest BCUT2D eigenvalue weighted by molar-refractivity contribution is 6.02. The Balaban J connectivity index is 1.30. The van der Waals surface area contributed by atoms with Crippen LogP contribution >= 0.6 is 0 Å². The first-order chi connectivity index (χ1) is 19.5. The molecule has 0 bridgehead atoms. The number of aliphatic hydroxyl groups is 6. The minimum absolute atomic E-state index is 0.0797. The maximum Gasteiger partial charge on any atom is 0.229 e. The fraction of sp³-hybridized carbons (Fsp3) is 0.500. The summed E-state index contributed by atoms with van der Waals surface area (Å²) < 4.78 is 27.7. The molecule has 3 aliphatic heterocycles. The van der Waals surface area contributed by atoms with Crippen molar-refractivity contribution in [2.45, 2.75) is 67.8 Å². The van der Waals surface area contributed by atoms with Gasteiger partial charge >= 0.3 is 0 Å². The molecule has 224 valence electrons. The number of ketones is 1. The zero-order chi connectivity index (χ0) is 29.6. The number of carbonyl (C=O) groups excluding carboxylic acids is 1. The molecule has 2 aromatic carbocycles. The summed E-state index contributed by atoms with van der Waals surface area (Å²) in [4.78, 5) is 12.8. The summed E-state index contributed by atoms with van der Waals surface area (Å²) in [5, 5.41) is 90.3. The van der Waals surface area contributed by atoms with Gasteiger partial charge in [0.1, 0.15) is 71.6 Å². The molecule has 9 N–H and O–H groups in total. The highest BCUT2D eigenvalue weighted by Crippen LogP contribution is 2.43. The number of benzene rings is 2. The van der Waals surface area contributed by atoms with Crippen LogP contribution in [0, 0.1) is 0 Å². The molecule has 15 nitrogen and oxygen atoms in total. The summed E-state index contributed by atoms with van der Waals surface area (Å²) >= 11 is 0. The second-order valence-corrected chi connectivity index (χ2v) is 9.97. The van der Waals surface area contributed by atoms with Crippen molar-refractivity contribution in [3.8, 4) is 28.7 Å². The molecule has 4 unspecified atom stereocenters. The summed E-state index contributed by atoms with van der Waals surface area (Å²) in [6.07, 6.45) is -14.6. The topological polar surface area (TPSA) is 245 Å². The quantitative estimate of drug-likeness (QED) is 0.163. The number of fused-ring (bicyclic) bond motifs is 1. The molecule has 0 saturated carbocycles. The minimum Gasteiger partial charge on any atom is -0.507 e. The molecule has 0 amide bonds. The van der Waals surface area contributed by atoms with Gasteiger partial charge in [0.25, 0.3) is 0 Å². The van der Waals surface area contributed by atoms with E-state index in [1.807, 2.05) is 0 Å². The molecule has 3 aliphatic rings. The molecule has 0 aliphatic carbocycles. The van der Waals surface area contributed by atoms with E-state index >= 15 is 0 Å². The largest absolute Gasteiger partial charge is 0.507 e. The Morgan fingerprint density at radius 3 is 2.15 bits per heavy atom. The Hall–Kier alpha value is -3.25. The normalized spacial score (nSPS) is 35.1. The molecular formula is C26H30O15. The van der Waals surface area contributed by atoms with E-state index in [4.69, 9.17) is 23.7 Å². The van der Waals surface area contributed by atoms with Gasteiger partial charge in [-0.05, 0) is 17.7 Å². The van der Waals surface area contributed by atoms with E-state index in [9.17, 15) is 50.8 Å². The van der Waals surface area contributed by atoms with Crippen molar-refractivity contribution in [2.24, 2.45) is 0 Å². The van der Waals surface area contributed by atoms with Crippen LogP contribution in [0.3, 0.4) is 0 Å². The SMILES string of the molecule is O=C1CC(c2ccc(O)c(O)c2)Oc2cc(O[C@@H]3OC(CO[C@@H]4O[C@@H](CO)C(O)[C@@H]4O)[C@@H](O)[C@H](O)C3O)cc(O)c21. The predicted octanol–water partition coefficient (Wildman–Crippen LogP) is -1.85. The van der Waals surface area contributed by atoms with Crippen LogP contribution in [0.15, 0.2) is 30.3 Å². The number of phenolic OH excluding ortho intramolecular Hbond substituents is 3. The number of carbonyl (C=O) groups is 1. The van der Waals surface area contributed by atoms with Gasteiger partial charge in [0.15, 0.2) is 23.6 Å². The van der Waals surface area contributed by atoms with Gasteiger partial charge in [-0.15, -0.1) is 0 Å². The molecule has 0 radical (unpaired) electrons. The zero-order valence-corrected chi connectivity index (χ0v) is 21.3. The standard InChI is InChI=1S/C26H30O15/c27-7-17-20(32)23(35)25(40-17)37-8-18-21(33)22(34)24(36)26(41-18)38-10-4-13(30)19-14(31)6-15(39-16(19)5-10)9-1-2-11(28)12(29)3-9/h1-5,15,17-18,20-30,32-36H,6-8H2/t15?,17-,18?,20?,21+,22-,23-,24?,25+,26+/m0/s1. The molecule has 3 heterocycles. The summed E-state index contributed by atoms with van der Waals surface area (Å²) in [5.74, 6) is -1.95. The fourth-order valence-electron chi connectivity index (χ4n) is 4.89. The van der Waals surface area contributed by atoms with Gasteiger partial charge in [0.05, 0.1) is 19.6 Å². The lowest BCUT2D eigenvalue weighted by Gasteiger charge is -2.40. The first-order valence-corrected chi connectivity index (χ1v) is 12.7. The van der Waals surface area contributed by atoms with E-state index in [0.717, 1.165) is 6.07 Å². The highest BCUT2D eigenvalue weighted by atomic mass is 16.7. The monoisotopic (exact) mass is 582 g/mol. The van der Waals surface area contributed by atoms with Crippen molar-refractivity contribution in [2.75, 3.05) is 13.2 Å². The molecular weight excluding hydrogens is 552 g/mol. The molecule has 0 aromatic heterocycles. The van der Waals surface area contributed by atoms with E-state index in [2.05, 4.69) is 0 Å². The molecule has 2 aromatic rings. The Bertz CT molecular complexity index is 1270. The lowest BCUT2D eigenvalue weighted by molar-refractivity contribution is -0.290. The van der Waals surface area contributed by atoms with Gasteiger partial charge in [-0.2, -0.15) is 0 Å². The van der Waals surface area contributed by atoms with Crippen molar-refractivity contribution in [1.29, 1.82) is 0 Å². The molecule has 2 saturated heterocycles. The van der Waals surface area contributed by atoms with Crippen molar-refractivity contribution in [3.63, 3.8) is 0 Å². The van der Waals surface area contributed by atoms with Gasteiger partial charge in [0.2, 0.25) is 6.29 Å². The first-order valence-electron chi connectivity index (χ1n) is 12.7. The number of ether oxygens (including phenoxy) is 5. The van der Waals surface area contributed by atoms with Crippen molar-refractivity contribution < 1.29 is 74.4 Å². The van der Waals surface area contributed by atoms with E-state index in [1.54, 1.807) is 0 Å². The summed E-state index contributed by atoms with van der Waals surface area (Å²) in [6.45, 7) is -1.08. The van der Waals surface area contributed by atoms with Crippen LogP contribution in [-0.2, 0) is 14.2 Å². The maximum absolute atomic E-state index is 12.8. The van der Waals surface area contributed by atoms with Crippen LogP contribution in [0.5, 0.6) is 28.7 Å². The number of hydrogen-bond donors (Lipinski definition) is 9. The first kappa shape index (κ1) is 29.2. The van der Waals surface area contributed by atoms with Gasteiger partial charge < -0.3 is 69.6 Å². The summed E-state index contributed by atoms with van der Waals surface area (Å²) in [6, 6.07) is 6.25. The number of phenols is 3. The average Bonchev–Trinajstić information content (AvgIpc) is 3.21. The number of rotatable bonds is 7.